The van der Waals surface area contributed by atoms with E-state index in [1.807, 2.05) is 18.2 Å². The summed E-state index contributed by atoms with van der Waals surface area (Å²) in [5.74, 6) is 1.43. The third-order valence-corrected chi connectivity index (χ3v) is 3.53. The number of nitrogens with one attached hydrogen (secondary N) is 2. The minimum Gasteiger partial charge on any atom is -0.454 e. The Morgan fingerprint density at radius 1 is 1.29 bits per heavy atom. The first-order chi connectivity index (χ1) is 8.11. The topological polar surface area (TPSA) is 76.7 Å². The number of benzene rings is 1. The molecule has 94 valence electrons. The molecule has 0 amide bonds. The molecule has 0 atom stereocenters. The van der Waals surface area contributed by atoms with Crippen LogP contribution in [-0.4, -0.2) is 28.8 Å². The van der Waals surface area contributed by atoms with Crippen LogP contribution in [0.2, 0.25) is 0 Å². The van der Waals surface area contributed by atoms with Crippen molar-refractivity contribution in [2.45, 2.75) is 6.42 Å². The molecular weight excluding hydrogens is 244 g/mol. The van der Waals surface area contributed by atoms with Gasteiger partial charge in [0.25, 0.3) is 10.2 Å². The second-order valence-corrected chi connectivity index (χ2v) is 5.24. The summed E-state index contributed by atoms with van der Waals surface area (Å²) in [7, 11) is -1.99. The van der Waals surface area contributed by atoms with Gasteiger partial charge in [0, 0.05) is 13.6 Å². The van der Waals surface area contributed by atoms with Crippen LogP contribution in [-0.2, 0) is 16.6 Å². The van der Waals surface area contributed by atoms with Gasteiger partial charge in [-0.2, -0.15) is 8.42 Å². The van der Waals surface area contributed by atoms with E-state index in [1.54, 1.807) is 0 Å². The molecule has 7 heteroatoms. The van der Waals surface area contributed by atoms with E-state index in [2.05, 4.69) is 9.44 Å². The van der Waals surface area contributed by atoms with Gasteiger partial charge in [0.05, 0.1) is 0 Å². The summed E-state index contributed by atoms with van der Waals surface area (Å²) in [6, 6.07) is 5.57. The molecule has 0 spiro atoms. The van der Waals surface area contributed by atoms with Crippen LogP contribution in [0.1, 0.15) is 5.56 Å². The first-order valence-corrected chi connectivity index (χ1v) is 6.66. The average molecular weight is 258 g/mol. The van der Waals surface area contributed by atoms with Gasteiger partial charge >= 0.3 is 0 Å². The van der Waals surface area contributed by atoms with Crippen LogP contribution >= 0.6 is 0 Å². The van der Waals surface area contributed by atoms with E-state index in [9.17, 15) is 8.42 Å². The van der Waals surface area contributed by atoms with Crippen molar-refractivity contribution >= 4 is 10.2 Å². The molecule has 2 N–H and O–H groups in total. The molecule has 6 nitrogen and oxygen atoms in total. The highest BCUT2D eigenvalue weighted by Gasteiger charge is 2.13. The van der Waals surface area contributed by atoms with Gasteiger partial charge in [0.15, 0.2) is 11.5 Å². The first-order valence-electron chi connectivity index (χ1n) is 5.17. The van der Waals surface area contributed by atoms with E-state index in [-0.39, 0.29) is 6.79 Å². The second kappa shape index (κ2) is 4.91. The van der Waals surface area contributed by atoms with Crippen LogP contribution in [0.15, 0.2) is 18.2 Å². The van der Waals surface area contributed by atoms with Gasteiger partial charge in [-0.05, 0) is 24.1 Å². The Morgan fingerprint density at radius 2 is 2.06 bits per heavy atom. The molecule has 0 aromatic heterocycles. The SMILES string of the molecule is CNS(=O)(=O)NCCc1ccc2c(c1)OCO2. The van der Waals surface area contributed by atoms with Crippen molar-refractivity contribution in [3.05, 3.63) is 23.8 Å². The van der Waals surface area contributed by atoms with Gasteiger partial charge in [-0.3, -0.25) is 0 Å². The van der Waals surface area contributed by atoms with E-state index >= 15 is 0 Å². The fourth-order valence-electron chi connectivity index (χ4n) is 1.50. The molecule has 0 aliphatic carbocycles. The molecule has 1 aliphatic heterocycles. The lowest BCUT2D eigenvalue weighted by Crippen LogP contribution is -2.35. The van der Waals surface area contributed by atoms with Crippen LogP contribution in [0, 0.1) is 0 Å². The molecule has 0 saturated carbocycles. The summed E-state index contributed by atoms with van der Waals surface area (Å²) < 4.78 is 37.2. The Morgan fingerprint density at radius 3 is 2.82 bits per heavy atom. The van der Waals surface area contributed by atoms with Crippen LogP contribution in [0.5, 0.6) is 11.5 Å². The molecule has 0 fully saturated rings. The van der Waals surface area contributed by atoms with Crippen LogP contribution < -0.4 is 18.9 Å². The third kappa shape index (κ3) is 3.09. The van der Waals surface area contributed by atoms with Gasteiger partial charge in [0.2, 0.25) is 6.79 Å². The molecule has 0 unspecified atom stereocenters. The quantitative estimate of drug-likeness (QED) is 0.780. The van der Waals surface area contributed by atoms with Crippen molar-refractivity contribution < 1.29 is 17.9 Å². The lowest BCUT2D eigenvalue weighted by Gasteiger charge is -2.05. The predicted molar refractivity (Wildman–Crippen MR) is 62.3 cm³/mol. The zero-order valence-corrected chi connectivity index (χ0v) is 10.2. The van der Waals surface area contributed by atoms with E-state index in [1.165, 1.54) is 7.05 Å². The van der Waals surface area contributed by atoms with E-state index in [4.69, 9.17) is 9.47 Å². The van der Waals surface area contributed by atoms with E-state index < -0.39 is 10.2 Å². The molecule has 2 rings (SSSR count). The van der Waals surface area contributed by atoms with Crippen molar-refractivity contribution in [3.8, 4) is 11.5 Å². The Bertz CT molecular complexity index is 501. The number of hydrogen-bond donors (Lipinski definition) is 2. The molecule has 17 heavy (non-hydrogen) atoms. The summed E-state index contributed by atoms with van der Waals surface area (Å²) in [5, 5.41) is 0. The summed E-state index contributed by atoms with van der Waals surface area (Å²) in [4.78, 5) is 0. The second-order valence-electron chi connectivity index (χ2n) is 3.54. The lowest BCUT2D eigenvalue weighted by molar-refractivity contribution is 0.174. The standard InChI is InChI=1S/C10H14N2O4S/c1-11-17(13,14)12-5-4-8-2-3-9-10(6-8)16-7-15-9/h2-3,6,11-12H,4-5,7H2,1H3. The Kier molecular flexibility index (Phi) is 3.51. The summed E-state index contributed by atoms with van der Waals surface area (Å²) >= 11 is 0. The maximum absolute atomic E-state index is 11.1. The highest BCUT2D eigenvalue weighted by molar-refractivity contribution is 7.87. The Balaban J connectivity index is 1.92. The molecule has 0 bridgehead atoms. The molecule has 1 heterocycles. The minimum atomic E-state index is -3.36. The van der Waals surface area contributed by atoms with Crippen molar-refractivity contribution in [1.82, 2.24) is 9.44 Å². The van der Waals surface area contributed by atoms with Crippen LogP contribution in [0.4, 0.5) is 0 Å². The monoisotopic (exact) mass is 258 g/mol. The van der Waals surface area contributed by atoms with E-state index in [0.717, 1.165) is 11.3 Å². The zero-order chi connectivity index (χ0) is 12.3. The normalized spacial score (nSPS) is 13.9. The predicted octanol–water partition coefficient (Wildman–Crippen LogP) is 0.0116. The number of fused-ring (bicyclic) bond motifs is 1. The van der Waals surface area contributed by atoms with Crippen molar-refractivity contribution in [2.75, 3.05) is 20.4 Å². The van der Waals surface area contributed by atoms with Gasteiger partial charge in [-0.1, -0.05) is 6.07 Å². The highest BCUT2D eigenvalue weighted by Crippen LogP contribution is 2.32. The Hall–Kier alpha value is -1.31. The number of ether oxygens (including phenoxy) is 2. The summed E-state index contributed by atoms with van der Waals surface area (Å²) in [6.45, 7) is 0.577. The van der Waals surface area contributed by atoms with E-state index in [0.29, 0.717) is 18.7 Å². The maximum Gasteiger partial charge on any atom is 0.276 e. The van der Waals surface area contributed by atoms with Crippen molar-refractivity contribution in [2.24, 2.45) is 0 Å². The largest absolute Gasteiger partial charge is 0.454 e. The summed E-state index contributed by atoms with van der Waals surface area (Å²) in [5.41, 5.74) is 0.994. The number of rotatable bonds is 5. The van der Waals surface area contributed by atoms with Crippen LogP contribution in [0.25, 0.3) is 0 Å². The fraction of sp³-hybridized carbons (Fsp3) is 0.400. The smallest absolute Gasteiger partial charge is 0.276 e. The zero-order valence-electron chi connectivity index (χ0n) is 9.39. The van der Waals surface area contributed by atoms with Crippen LogP contribution in [0.3, 0.4) is 0 Å². The number of hydrogen-bond acceptors (Lipinski definition) is 4. The molecule has 0 radical (unpaired) electrons. The molecule has 1 aromatic rings. The molecule has 1 aromatic carbocycles. The van der Waals surface area contributed by atoms with Gasteiger partial charge in [-0.25, -0.2) is 9.44 Å². The van der Waals surface area contributed by atoms with Gasteiger partial charge < -0.3 is 9.47 Å². The average Bonchev–Trinajstić information content (AvgIpc) is 2.76. The molecule has 0 saturated heterocycles. The molecule has 1 aliphatic rings. The summed E-state index contributed by atoms with van der Waals surface area (Å²) in [6.07, 6.45) is 0.595. The van der Waals surface area contributed by atoms with Gasteiger partial charge in [-0.15, -0.1) is 0 Å². The Labute approximate surface area is 100 Å². The maximum atomic E-state index is 11.1. The first kappa shape index (κ1) is 12.2. The minimum absolute atomic E-state index is 0.241. The van der Waals surface area contributed by atoms with Crippen molar-refractivity contribution in [3.63, 3.8) is 0 Å². The highest BCUT2D eigenvalue weighted by atomic mass is 32.2. The molecular formula is C10H14N2O4S. The van der Waals surface area contributed by atoms with Crippen molar-refractivity contribution in [1.29, 1.82) is 0 Å². The van der Waals surface area contributed by atoms with Gasteiger partial charge in [0.1, 0.15) is 0 Å². The third-order valence-electron chi connectivity index (χ3n) is 2.41. The lowest BCUT2D eigenvalue weighted by atomic mass is 10.1. The fourth-order valence-corrected chi connectivity index (χ4v) is 2.01.